The van der Waals surface area contributed by atoms with Crippen LogP contribution in [-0.4, -0.2) is 60.9 Å². The van der Waals surface area contributed by atoms with Gasteiger partial charge in [-0.05, 0) is 19.1 Å². The van der Waals surface area contributed by atoms with Gasteiger partial charge >= 0.3 is 0 Å². The van der Waals surface area contributed by atoms with E-state index in [-0.39, 0.29) is 0 Å². The minimum Gasteiger partial charge on any atom is -0.352 e. The van der Waals surface area contributed by atoms with Crippen molar-refractivity contribution in [3.63, 3.8) is 0 Å². The normalized spacial score (nSPS) is 15.4. The van der Waals surface area contributed by atoms with Crippen LogP contribution in [0.2, 0.25) is 0 Å². The molecule has 5 rings (SSSR count). The van der Waals surface area contributed by atoms with Crippen molar-refractivity contribution in [2.24, 2.45) is 0 Å². The van der Waals surface area contributed by atoms with Gasteiger partial charge in [0.25, 0.3) is 0 Å². The Morgan fingerprint density at radius 3 is 2.76 bits per heavy atom. The molecule has 1 aliphatic rings. The van der Waals surface area contributed by atoms with Crippen LogP contribution in [0.1, 0.15) is 5.69 Å². The zero-order valence-corrected chi connectivity index (χ0v) is 13.8. The average molecular weight is 335 g/mol. The fourth-order valence-electron chi connectivity index (χ4n) is 3.31. The summed E-state index contributed by atoms with van der Waals surface area (Å²) in [6.07, 6.45) is 5.32. The van der Waals surface area contributed by atoms with E-state index in [1.165, 1.54) is 0 Å². The summed E-state index contributed by atoms with van der Waals surface area (Å²) in [7, 11) is 0. The molecule has 0 aliphatic carbocycles. The molecule has 4 aromatic heterocycles. The molecule has 126 valence electrons. The lowest BCUT2D eigenvalue weighted by molar-refractivity contribution is 0.637. The highest BCUT2D eigenvalue weighted by atomic mass is 15.4. The molecule has 9 heteroatoms. The Bertz CT molecular complexity index is 1040. The Labute approximate surface area is 143 Å². The Morgan fingerprint density at radius 1 is 1.04 bits per heavy atom. The van der Waals surface area contributed by atoms with Gasteiger partial charge in [-0.1, -0.05) is 0 Å². The summed E-state index contributed by atoms with van der Waals surface area (Å²) in [4.78, 5) is 17.6. The molecule has 1 aliphatic heterocycles. The number of hydrogen-bond acceptors (Lipinski definition) is 7. The van der Waals surface area contributed by atoms with Gasteiger partial charge in [0.2, 0.25) is 0 Å². The van der Waals surface area contributed by atoms with Crippen LogP contribution < -0.4 is 9.80 Å². The molecular weight excluding hydrogens is 318 g/mol. The Hall–Kier alpha value is -3.23. The number of imidazole rings is 1. The van der Waals surface area contributed by atoms with Crippen molar-refractivity contribution in [2.45, 2.75) is 6.92 Å². The highest BCUT2D eigenvalue weighted by Gasteiger charge is 2.21. The second kappa shape index (κ2) is 5.40. The lowest BCUT2D eigenvalue weighted by atomic mass is 10.2. The average Bonchev–Trinajstić information content (AvgIpc) is 3.26. The first kappa shape index (κ1) is 14.1. The van der Waals surface area contributed by atoms with Crippen LogP contribution in [0.15, 0.2) is 30.9 Å². The number of fused-ring (bicyclic) bond motifs is 2. The minimum atomic E-state index is 0.773. The van der Waals surface area contributed by atoms with Crippen LogP contribution in [0.3, 0.4) is 0 Å². The van der Waals surface area contributed by atoms with Crippen LogP contribution in [-0.2, 0) is 0 Å². The second-order valence-corrected chi connectivity index (χ2v) is 6.18. The maximum Gasteiger partial charge on any atom is 0.160 e. The van der Waals surface area contributed by atoms with Crippen molar-refractivity contribution < 1.29 is 0 Å². The monoisotopic (exact) mass is 335 g/mol. The molecule has 25 heavy (non-hydrogen) atoms. The van der Waals surface area contributed by atoms with E-state index < -0.39 is 0 Å². The van der Waals surface area contributed by atoms with E-state index in [4.69, 9.17) is 0 Å². The summed E-state index contributed by atoms with van der Waals surface area (Å²) in [5.41, 5.74) is 2.63. The number of H-pyrrole nitrogens is 1. The number of piperazine rings is 1. The number of nitrogens with zero attached hydrogens (tertiary/aromatic N) is 8. The Balaban J connectivity index is 1.37. The number of aryl methyl sites for hydroxylation is 1. The molecule has 0 atom stereocenters. The minimum absolute atomic E-state index is 0.773. The predicted octanol–water partition coefficient (Wildman–Crippen LogP) is 1.03. The van der Waals surface area contributed by atoms with Gasteiger partial charge in [0.05, 0.1) is 23.5 Å². The van der Waals surface area contributed by atoms with Gasteiger partial charge < -0.3 is 9.80 Å². The van der Waals surface area contributed by atoms with Crippen molar-refractivity contribution in [2.75, 3.05) is 36.0 Å². The first-order chi connectivity index (χ1) is 12.3. The molecule has 1 N–H and O–H groups in total. The number of rotatable bonds is 2. The quantitative estimate of drug-likeness (QED) is 0.585. The van der Waals surface area contributed by atoms with Gasteiger partial charge in [-0.15, -0.1) is 5.10 Å². The largest absolute Gasteiger partial charge is 0.352 e. The van der Waals surface area contributed by atoms with Crippen LogP contribution in [0.5, 0.6) is 0 Å². The van der Waals surface area contributed by atoms with E-state index >= 15 is 0 Å². The first-order valence-electron chi connectivity index (χ1n) is 8.25. The first-order valence-corrected chi connectivity index (χ1v) is 8.25. The summed E-state index contributed by atoms with van der Waals surface area (Å²) in [5, 5.41) is 12.6. The van der Waals surface area contributed by atoms with Crippen molar-refractivity contribution in [3.8, 4) is 0 Å². The van der Waals surface area contributed by atoms with E-state index in [0.29, 0.717) is 0 Å². The summed E-state index contributed by atoms with van der Waals surface area (Å²) < 4.78 is 1.84. The molecule has 0 bridgehead atoms. The molecule has 5 heterocycles. The van der Waals surface area contributed by atoms with Crippen LogP contribution in [0, 0.1) is 6.92 Å². The van der Waals surface area contributed by atoms with Gasteiger partial charge in [0, 0.05) is 26.2 Å². The molecule has 4 aromatic rings. The zero-order chi connectivity index (χ0) is 16.8. The van der Waals surface area contributed by atoms with Crippen molar-refractivity contribution in [1.82, 2.24) is 34.8 Å². The fourth-order valence-corrected chi connectivity index (χ4v) is 3.31. The maximum atomic E-state index is 4.68. The predicted molar refractivity (Wildman–Crippen MR) is 93.8 cm³/mol. The molecule has 0 aromatic carbocycles. The van der Waals surface area contributed by atoms with Crippen LogP contribution >= 0.6 is 0 Å². The Kier molecular flexibility index (Phi) is 3.06. The molecule has 9 nitrogen and oxygen atoms in total. The lowest BCUT2D eigenvalue weighted by Gasteiger charge is -2.36. The van der Waals surface area contributed by atoms with E-state index in [9.17, 15) is 0 Å². The van der Waals surface area contributed by atoms with Crippen molar-refractivity contribution in [1.29, 1.82) is 0 Å². The lowest BCUT2D eigenvalue weighted by Crippen LogP contribution is -2.47. The smallest absolute Gasteiger partial charge is 0.160 e. The van der Waals surface area contributed by atoms with Crippen LogP contribution in [0.25, 0.3) is 16.7 Å². The number of aromatic nitrogens is 7. The third kappa shape index (κ3) is 2.35. The molecule has 0 saturated carbocycles. The van der Waals surface area contributed by atoms with Gasteiger partial charge in [0.15, 0.2) is 11.3 Å². The summed E-state index contributed by atoms with van der Waals surface area (Å²) in [5.74, 6) is 1.91. The van der Waals surface area contributed by atoms with E-state index in [0.717, 1.165) is 60.2 Å². The molecule has 0 spiro atoms. The second-order valence-electron chi connectivity index (χ2n) is 6.18. The summed E-state index contributed by atoms with van der Waals surface area (Å²) >= 11 is 0. The number of anilines is 2. The molecule has 0 amide bonds. The highest BCUT2D eigenvalue weighted by Crippen LogP contribution is 2.23. The maximum absolute atomic E-state index is 4.68. The fraction of sp³-hybridized carbons (Fsp3) is 0.312. The molecule has 0 unspecified atom stereocenters. The Morgan fingerprint density at radius 2 is 1.88 bits per heavy atom. The SMILES string of the molecule is Cc1cn2nc(N3CCN(c4ncnc5[nH]ncc45)CC3)ccc2n1. The van der Waals surface area contributed by atoms with Gasteiger partial charge in [-0.3, -0.25) is 5.10 Å². The molecule has 1 saturated heterocycles. The summed E-state index contributed by atoms with van der Waals surface area (Å²) in [6, 6.07) is 4.05. The summed E-state index contributed by atoms with van der Waals surface area (Å²) in [6.45, 7) is 5.50. The standard InChI is InChI=1S/C16H17N9/c1-11-9-25-13(20-11)2-3-14(22-25)23-4-6-24(7-5-23)16-12-8-19-21-15(12)17-10-18-16/h2-3,8-10H,4-7H2,1H3,(H,17,18,19,21). The van der Waals surface area contributed by atoms with Gasteiger partial charge in [-0.25, -0.2) is 19.5 Å². The number of hydrogen-bond donors (Lipinski definition) is 1. The van der Waals surface area contributed by atoms with Gasteiger partial charge in [-0.2, -0.15) is 5.10 Å². The third-order valence-corrected chi connectivity index (χ3v) is 4.56. The van der Waals surface area contributed by atoms with Crippen molar-refractivity contribution >= 4 is 28.3 Å². The number of nitrogens with one attached hydrogen (secondary N) is 1. The third-order valence-electron chi connectivity index (χ3n) is 4.56. The molecule has 1 fully saturated rings. The van der Waals surface area contributed by atoms with Crippen LogP contribution in [0.4, 0.5) is 11.6 Å². The highest BCUT2D eigenvalue weighted by molar-refractivity contribution is 5.86. The van der Waals surface area contributed by atoms with Crippen molar-refractivity contribution in [3.05, 3.63) is 36.5 Å². The van der Waals surface area contributed by atoms with E-state index in [1.54, 1.807) is 12.5 Å². The molecule has 0 radical (unpaired) electrons. The van der Waals surface area contributed by atoms with E-state index in [2.05, 4.69) is 40.0 Å². The van der Waals surface area contributed by atoms with Gasteiger partial charge in [0.1, 0.15) is 18.0 Å². The zero-order valence-electron chi connectivity index (χ0n) is 13.8. The topological polar surface area (TPSA) is 91.1 Å². The molecular formula is C16H17N9. The number of aromatic amines is 1. The van der Waals surface area contributed by atoms with E-state index in [1.807, 2.05) is 29.8 Å².